The van der Waals surface area contributed by atoms with Crippen LogP contribution in [0.5, 0.6) is 0 Å². The number of aromatic nitrogens is 2. The van der Waals surface area contributed by atoms with Gasteiger partial charge in [-0.15, -0.1) is 11.8 Å². The fourth-order valence-electron chi connectivity index (χ4n) is 1.99. The summed E-state index contributed by atoms with van der Waals surface area (Å²) in [5.74, 6) is 0.939. The first-order valence-electron chi connectivity index (χ1n) is 6.90. The minimum absolute atomic E-state index is 0.346. The molecule has 1 atom stereocenters. The minimum Gasteiger partial charge on any atom is -0.383 e. The third kappa shape index (κ3) is 4.16. The summed E-state index contributed by atoms with van der Waals surface area (Å²) in [7, 11) is 1.74. The summed E-state index contributed by atoms with van der Waals surface area (Å²) in [5, 5.41) is 5.65. The van der Waals surface area contributed by atoms with Crippen LogP contribution in [0.15, 0.2) is 35.6 Å². The molecule has 0 bridgehead atoms. The van der Waals surface area contributed by atoms with Crippen LogP contribution in [-0.2, 0) is 4.74 Å². The lowest BCUT2D eigenvalue weighted by Crippen LogP contribution is -2.35. The predicted octanol–water partition coefficient (Wildman–Crippen LogP) is 2.74. The van der Waals surface area contributed by atoms with Gasteiger partial charge >= 0.3 is 0 Å². The highest BCUT2D eigenvalue weighted by molar-refractivity contribution is 7.99. The minimum atomic E-state index is 0.346. The molecule has 1 heterocycles. The average molecular weight is 291 g/mol. The molecule has 0 amide bonds. The van der Waals surface area contributed by atoms with Gasteiger partial charge in [0.25, 0.3) is 0 Å². The van der Waals surface area contributed by atoms with Gasteiger partial charge in [-0.3, -0.25) is 0 Å². The van der Waals surface area contributed by atoms with Gasteiger partial charge in [-0.1, -0.05) is 25.1 Å². The second-order valence-electron chi connectivity index (χ2n) is 4.61. The summed E-state index contributed by atoms with van der Waals surface area (Å²) in [6.45, 7) is 3.90. The molecule has 1 unspecified atom stereocenters. The van der Waals surface area contributed by atoms with Gasteiger partial charge in [0.05, 0.1) is 12.1 Å². The SMILES string of the molecule is CCCNC(COC)CSc1ncnc2ccccc12. The van der Waals surface area contributed by atoms with Crippen molar-refractivity contribution in [2.75, 3.05) is 26.0 Å². The average Bonchev–Trinajstić information content (AvgIpc) is 2.50. The number of benzene rings is 1. The van der Waals surface area contributed by atoms with Crippen LogP contribution < -0.4 is 5.32 Å². The number of methoxy groups -OCH3 is 1. The van der Waals surface area contributed by atoms with Crippen LogP contribution >= 0.6 is 11.8 Å². The van der Waals surface area contributed by atoms with Crippen molar-refractivity contribution in [2.24, 2.45) is 0 Å². The molecule has 1 aromatic carbocycles. The summed E-state index contributed by atoms with van der Waals surface area (Å²) in [5.41, 5.74) is 0.995. The van der Waals surface area contributed by atoms with E-state index in [1.165, 1.54) is 0 Å². The quantitative estimate of drug-likeness (QED) is 0.598. The van der Waals surface area contributed by atoms with Gasteiger partial charge in [0.1, 0.15) is 11.4 Å². The summed E-state index contributed by atoms with van der Waals surface area (Å²) in [4.78, 5) is 8.69. The molecule has 4 nitrogen and oxygen atoms in total. The van der Waals surface area contributed by atoms with Crippen molar-refractivity contribution in [2.45, 2.75) is 24.4 Å². The normalized spacial score (nSPS) is 12.7. The molecule has 0 aliphatic rings. The highest BCUT2D eigenvalue weighted by atomic mass is 32.2. The molecular weight excluding hydrogens is 270 g/mol. The summed E-state index contributed by atoms with van der Waals surface area (Å²) in [6.07, 6.45) is 2.76. The number of thioether (sulfide) groups is 1. The van der Waals surface area contributed by atoms with Crippen molar-refractivity contribution in [1.82, 2.24) is 15.3 Å². The lowest BCUT2D eigenvalue weighted by atomic mass is 10.2. The van der Waals surface area contributed by atoms with E-state index in [1.807, 2.05) is 18.2 Å². The number of ether oxygens (including phenoxy) is 1. The third-order valence-electron chi connectivity index (χ3n) is 2.98. The van der Waals surface area contributed by atoms with E-state index in [-0.39, 0.29) is 0 Å². The Morgan fingerprint density at radius 1 is 1.30 bits per heavy atom. The summed E-state index contributed by atoms with van der Waals surface area (Å²) >= 11 is 1.75. The Hall–Kier alpha value is -1.17. The Bertz CT molecular complexity index is 530. The van der Waals surface area contributed by atoms with Crippen molar-refractivity contribution >= 4 is 22.7 Å². The number of para-hydroxylation sites is 1. The van der Waals surface area contributed by atoms with Gasteiger partial charge in [-0.05, 0) is 19.0 Å². The van der Waals surface area contributed by atoms with Crippen LogP contribution in [-0.4, -0.2) is 42.0 Å². The van der Waals surface area contributed by atoms with Gasteiger partial charge in [-0.2, -0.15) is 0 Å². The maximum atomic E-state index is 5.27. The second-order valence-corrected chi connectivity index (χ2v) is 5.62. The number of nitrogens with zero attached hydrogens (tertiary/aromatic N) is 2. The molecule has 1 aromatic heterocycles. The van der Waals surface area contributed by atoms with Crippen molar-refractivity contribution < 1.29 is 4.74 Å². The molecule has 0 radical (unpaired) electrons. The van der Waals surface area contributed by atoms with Crippen LogP contribution in [0.2, 0.25) is 0 Å². The van der Waals surface area contributed by atoms with Crippen LogP contribution in [0, 0.1) is 0 Å². The lowest BCUT2D eigenvalue weighted by molar-refractivity contribution is 0.174. The Balaban J connectivity index is 2.03. The summed E-state index contributed by atoms with van der Waals surface area (Å²) in [6, 6.07) is 8.46. The molecule has 1 N–H and O–H groups in total. The topological polar surface area (TPSA) is 47.0 Å². The fourth-order valence-corrected chi connectivity index (χ4v) is 3.01. The molecule has 2 aromatic rings. The highest BCUT2D eigenvalue weighted by Crippen LogP contribution is 2.24. The van der Waals surface area contributed by atoms with Gasteiger partial charge in [0, 0.05) is 24.3 Å². The van der Waals surface area contributed by atoms with Gasteiger partial charge in [0.15, 0.2) is 0 Å². The molecular formula is C15H21N3OS. The summed E-state index contributed by atoms with van der Waals surface area (Å²) < 4.78 is 5.27. The maximum absolute atomic E-state index is 5.27. The lowest BCUT2D eigenvalue weighted by Gasteiger charge is -2.17. The Kier molecular flexibility index (Phi) is 6.24. The predicted molar refractivity (Wildman–Crippen MR) is 84.2 cm³/mol. The second kappa shape index (κ2) is 8.19. The Morgan fingerprint density at radius 2 is 2.15 bits per heavy atom. The number of fused-ring (bicyclic) bond motifs is 1. The van der Waals surface area contributed by atoms with Crippen molar-refractivity contribution in [3.8, 4) is 0 Å². The smallest absolute Gasteiger partial charge is 0.117 e. The Labute approximate surface area is 124 Å². The zero-order chi connectivity index (χ0) is 14.2. The first kappa shape index (κ1) is 15.2. The van der Waals surface area contributed by atoms with Gasteiger partial charge in [0.2, 0.25) is 0 Å². The van der Waals surface area contributed by atoms with Crippen molar-refractivity contribution in [1.29, 1.82) is 0 Å². The Morgan fingerprint density at radius 3 is 2.95 bits per heavy atom. The van der Waals surface area contributed by atoms with Crippen LogP contribution in [0.4, 0.5) is 0 Å². The highest BCUT2D eigenvalue weighted by Gasteiger charge is 2.10. The molecule has 0 spiro atoms. The zero-order valence-corrected chi connectivity index (χ0v) is 12.8. The van der Waals surface area contributed by atoms with E-state index in [0.29, 0.717) is 6.04 Å². The molecule has 0 saturated heterocycles. The van der Waals surface area contributed by atoms with Crippen molar-refractivity contribution in [3.05, 3.63) is 30.6 Å². The molecule has 108 valence electrons. The first-order chi connectivity index (χ1) is 9.85. The molecule has 0 aliphatic heterocycles. The van der Waals surface area contributed by atoms with E-state index < -0.39 is 0 Å². The molecule has 5 heteroatoms. The van der Waals surface area contributed by atoms with E-state index in [1.54, 1.807) is 25.2 Å². The van der Waals surface area contributed by atoms with E-state index in [4.69, 9.17) is 4.74 Å². The van der Waals surface area contributed by atoms with Crippen LogP contribution in [0.3, 0.4) is 0 Å². The number of nitrogens with one attached hydrogen (secondary N) is 1. The zero-order valence-electron chi connectivity index (χ0n) is 12.0. The molecule has 20 heavy (non-hydrogen) atoms. The van der Waals surface area contributed by atoms with E-state index in [2.05, 4.69) is 28.3 Å². The first-order valence-corrected chi connectivity index (χ1v) is 7.88. The van der Waals surface area contributed by atoms with E-state index in [9.17, 15) is 0 Å². The molecule has 0 fully saturated rings. The maximum Gasteiger partial charge on any atom is 0.117 e. The third-order valence-corrected chi connectivity index (χ3v) is 4.15. The number of hydrogen-bond acceptors (Lipinski definition) is 5. The van der Waals surface area contributed by atoms with Crippen LogP contribution in [0.1, 0.15) is 13.3 Å². The fraction of sp³-hybridized carbons (Fsp3) is 0.467. The largest absolute Gasteiger partial charge is 0.383 e. The van der Waals surface area contributed by atoms with Gasteiger partial charge < -0.3 is 10.1 Å². The number of hydrogen-bond donors (Lipinski definition) is 1. The van der Waals surface area contributed by atoms with Crippen LogP contribution in [0.25, 0.3) is 10.9 Å². The van der Waals surface area contributed by atoms with Crippen molar-refractivity contribution in [3.63, 3.8) is 0 Å². The van der Waals surface area contributed by atoms with E-state index >= 15 is 0 Å². The molecule has 0 saturated carbocycles. The molecule has 2 rings (SSSR count). The monoisotopic (exact) mass is 291 g/mol. The molecule has 0 aliphatic carbocycles. The number of rotatable bonds is 8. The van der Waals surface area contributed by atoms with Gasteiger partial charge in [-0.25, -0.2) is 9.97 Å². The standard InChI is InChI=1S/C15H21N3OS/c1-3-8-16-12(9-19-2)10-20-15-13-6-4-5-7-14(13)17-11-18-15/h4-7,11-12,16H,3,8-10H2,1-2H3. The van der Waals surface area contributed by atoms with E-state index in [0.717, 1.165) is 41.3 Å².